The largest absolute Gasteiger partial charge is 0.317 e. The molecular formula is C15H23ClF2N4S. The number of halogens is 3. The van der Waals surface area contributed by atoms with Crippen molar-refractivity contribution in [2.45, 2.75) is 49.2 Å². The molecule has 1 unspecified atom stereocenters. The Morgan fingerprint density at radius 3 is 2.65 bits per heavy atom. The Labute approximate surface area is 145 Å². The summed E-state index contributed by atoms with van der Waals surface area (Å²) in [6.07, 6.45) is 4.56. The van der Waals surface area contributed by atoms with Gasteiger partial charge in [0.1, 0.15) is 5.82 Å². The molecule has 0 aromatic carbocycles. The van der Waals surface area contributed by atoms with Crippen molar-refractivity contribution in [1.82, 2.24) is 20.1 Å². The van der Waals surface area contributed by atoms with Crippen molar-refractivity contribution in [3.05, 3.63) is 18.5 Å². The van der Waals surface area contributed by atoms with Gasteiger partial charge in [0.15, 0.2) is 5.16 Å². The average molecular weight is 365 g/mol. The molecule has 2 fully saturated rings. The number of rotatable bonds is 7. The first kappa shape index (κ1) is 18.7. The molecule has 1 atom stereocenters. The SMILES string of the molecule is C=CCn1c(SCCC2CC2(F)F)nnc1C1CCNCC1.Cl. The Kier molecular flexibility index (Phi) is 6.45. The molecule has 0 amide bonds. The van der Waals surface area contributed by atoms with Crippen LogP contribution in [0, 0.1) is 5.92 Å². The first-order chi connectivity index (χ1) is 10.6. The molecule has 2 aliphatic rings. The van der Waals surface area contributed by atoms with Gasteiger partial charge in [-0.15, -0.1) is 29.2 Å². The van der Waals surface area contributed by atoms with E-state index in [-0.39, 0.29) is 18.8 Å². The van der Waals surface area contributed by atoms with E-state index < -0.39 is 11.8 Å². The summed E-state index contributed by atoms with van der Waals surface area (Å²) in [6, 6.07) is 0. The van der Waals surface area contributed by atoms with Crippen molar-refractivity contribution in [3.63, 3.8) is 0 Å². The average Bonchev–Trinajstić information content (AvgIpc) is 2.93. The van der Waals surface area contributed by atoms with E-state index >= 15 is 0 Å². The molecule has 1 saturated heterocycles. The maximum absolute atomic E-state index is 12.9. The van der Waals surface area contributed by atoms with Gasteiger partial charge in [-0.2, -0.15) is 0 Å². The maximum atomic E-state index is 12.9. The van der Waals surface area contributed by atoms with E-state index in [9.17, 15) is 8.78 Å². The lowest BCUT2D eigenvalue weighted by Gasteiger charge is -2.22. The Bertz CT molecular complexity index is 532. The molecule has 1 aliphatic heterocycles. The van der Waals surface area contributed by atoms with Crippen LogP contribution in [-0.4, -0.2) is 39.5 Å². The Morgan fingerprint density at radius 1 is 1.35 bits per heavy atom. The van der Waals surface area contributed by atoms with Gasteiger partial charge in [0.05, 0.1) is 0 Å². The van der Waals surface area contributed by atoms with Crippen LogP contribution < -0.4 is 5.32 Å². The number of nitrogens with zero attached hydrogens (tertiary/aromatic N) is 3. The summed E-state index contributed by atoms with van der Waals surface area (Å²) in [7, 11) is 0. The molecule has 0 spiro atoms. The van der Waals surface area contributed by atoms with Gasteiger partial charge in [0, 0.05) is 30.6 Å². The van der Waals surface area contributed by atoms with Gasteiger partial charge in [0.25, 0.3) is 5.92 Å². The first-order valence-corrected chi connectivity index (χ1v) is 8.85. The molecule has 1 aliphatic carbocycles. The number of alkyl halides is 2. The van der Waals surface area contributed by atoms with Gasteiger partial charge >= 0.3 is 0 Å². The number of hydrogen-bond donors (Lipinski definition) is 1. The highest BCUT2D eigenvalue weighted by Crippen LogP contribution is 2.51. The summed E-state index contributed by atoms with van der Waals surface area (Å²) in [5.74, 6) is -0.742. The van der Waals surface area contributed by atoms with Crippen LogP contribution in [0.5, 0.6) is 0 Å². The molecule has 1 saturated carbocycles. The van der Waals surface area contributed by atoms with Crippen molar-refractivity contribution in [2.75, 3.05) is 18.8 Å². The fourth-order valence-corrected chi connectivity index (χ4v) is 3.97. The van der Waals surface area contributed by atoms with E-state index in [2.05, 4.69) is 26.7 Å². The molecule has 0 radical (unpaired) electrons. The highest BCUT2D eigenvalue weighted by Gasteiger charge is 2.55. The molecule has 3 rings (SSSR count). The molecule has 1 aromatic rings. The molecule has 1 aromatic heterocycles. The number of hydrogen-bond acceptors (Lipinski definition) is 4. The third kappa shape index (κ3) is 4.45. The van der Waals surface area contributed by atoms with Gasteiger partial charge in [0.2, 0.25) is 0 Å². The van der Waals surface area contributed by atoms with Crippen LogP contribution in [0.2, 0.25) is 0 Å². The number of nitrogens with one attached hydrogen (secondary N) is 1. The molecule has 23 heavy (non-hydrogen) atoms. The lowest BCUT2D eigenvalue weighted by molar-refractivity contribution is 0.0983. The third-order valence-electron chi connectivity index (χ3n) is 4.41. The Morgan fingerprint density at radius 2 is 2.04 bits per heavy atom. The zero-order valence-corrected chi connectivity index (χ0v) is 14.6. The minimum absolute atomic E-state index is 0. The molecule has 1 N–H and O–H groups in total. The number of aromatic nitrogens is 3. The lowest BCUT2D eigenvalue weighted by Crippen LogP contribution is -2.28. The molecule has 130 valence electrons. The molecular weight excluding hydrogens is 342 g/mol. The van der Waals surface area contributed by atoms with Crippen molar-refractivity contribution in [1.29, 1.82) is 0 Å². The van der Waals surface area contributed by atoms with Crippen LogP contribution in [0.3, 0.4) is 0 Å². The van der Waals surface area contributed by atoms with Gasteiger partial charge in [-0.1, -0.05) is 17.8 Å². The topological polar surface area (TPSA) is 42.7 Å². The zero-order chi connectivity index (χ0) is 15.6. The van der Waals surface area contributed by atoms with Crippen LogP contribution >= 0.6 is 24.2 Å². The van der Waals surface area contributed by atoms with E-state index in [1.54, 1.807) is 0 Å². The Balaban J connectivity index is 0.00000192. The van der Waals surface area contributed by atoms with E-state index in [0.717, 1.165) is 36.9 Å². The smallest absolute Gasteiger partial charge is 0.251 e. The number of thioether (sulfide) groups is 1. The number of allylic oxidation sites excluding steroid dienone is 1. The normalized spacial score (nSPS) is 23.3. The van der Waals surface area contributed by atoms with E-state index in [1.165, 1.54) is 11.8 Å². The minimum Gasteiger partial charge on any atom is -0.317 e. The van der Waals surface area contributed by atoms with Crippen molar-refractivity contribution in [2.24, 2.45) is 5.92 Å². The summed E-state index contributed by atoms with van der Waals surface area (Å²) in [5, 5.41) is 12.8. The Hall–Kier alpha value is -0.660. The fraction of sp³-hybridized carbons (Fsp3) is 0.733. The van der Waals surface area contributed by atoms with Gasteiger partial charge in [-0.3, -0.25) is 0 Å². The monoisotopic (exact) mass is 364 g/mol. The highest BCUT2D eigenvalue weighted by atomic mass is 35.5. The van der Waals surface area contributed by atoms with Gasteiger partial charge in [-0.25, -0.2) is 8.78 Å². The number of piperidine rings is 1. The summed E-state index contributed by atoms with van der Waals surface area (Å²) in [5.41, 5.74) is 0. The van der Waals surface area contributed by atoms with Crippen molar-refractivity contribution < 1.29 is 8.78 Å². The van der Waals surface area contributed by atoms with Crippen LogP contribution in [0.15, 0.2) is 17.8 Å². The van der Waals surface area contributed by atoms with Crippen LogP contribution in [0.25, 0.3) is 0 Å². The molecule has 2 heterocycles. The quantitative estimate of drug-likeness (QED) is 0.594. The maximum Gasteiger partial charge on any atom is 0.251 e. The van der Waals surface area contributed by atoms with Crippen LogP contribution in [-0.2, 0) is 6.54 Å². The van der Waals surface area contributed by atoms with Gasteiger partial charge in [-0.05, 0) is 32.4 Å². The predicted molar refractivity (Wildman–Crippen MR) is 90.7 cm³/mol. The first-order valence-electron chi connectivity index (χ1n) is 7.87. The molecule has 8 heteroatoms. The second-order valence-corrected chi connectivity index (χ2v) is 7.13. The van der Waals surface area contributed by atoms with Gasteiger partial charge < -0.3 is 9.88 Å². The third-order valence-corrected chi connectivity index (χ3v) is 5.41. The summed E-state index contributed by atoms with van der Waals surface area (Å²) in [4.78, 5) is 0. The van der Waals surface area contributed by atoms with Crippen LogP contribution in [0.4, 0.5) is 8.78 Å². The second-order valence-electron chi connectivity index (χ2n) is 6.06. The summed E-state index contributed by atoms with van der Waals surface area (Å²) in [6.45, 7) is 6.49. The summed E-state index contributed by atoms with van der Waals surface area (Å²) >= 11 is 1.53. The van der Waals surface area contributed by atoms with Crippen molar-refractivity contribution in [3.8, 4) is 0 Å². The van der Waals surface area contributed by atoms with E-state index in [4.69, 9.17) is 0 Å². The summed E-state index contributed by atoms with van der Waals surface area (Å²) < 4.78 is 27.9. The van der Waals surface area contributed by atoms with Crippen LogP contribution in [0.1, 0.15) is 37.4 Å². The lowest BCUT2D eigenvalue weighted by atomic mass is 9.97. The molecule has 4 nitrogen and oxygen atoms in total. The van der Waals surface area contributed by atoms with Crippen molar-refractivity contribution >= 4 is 24.2 Å². The minimum atomic E-state index is -2.42. The standard InChI is InChI=1S/C15H22F2N4S.ClH/c1-2-8-21-13(11-3-6-18-7-4-11)19-20-14(21)22-9-5-12-10-15(12,16)17;/h2,11-12,18H,1,3-10H2;1H. The highest BCUT2D eigenvalue weighted by molar-refractivity contribution is 7.99. The zero-order valence-electron chi connectivity index (χ0n) is 13.0. The second kappa shape index (κ2) is 7.94. The predicted octanol–water partition coefficient (Wildman–Crippen LogP) is 3.49. The van der Waals surface area contributed by atoms with E-state index in [0.29, 0.717) is 24.6 Å². The van der Waals surface area contributed by atoms with E-state index in [1.807, 2.05) is 6.08 Å². The fourth-order valence-electron chi connectivity index (χ4n) is 2.96. The molecule has 0 bridgehead atoms.